The zero-order chi connectivity index (χ0) is 17.7. The Morgan fingerprint density at radius 3 is 2.62 bits per heavy atom. The average Bonchev–Trinajstić information content (AvgIpc) is 2.50. The summed E-state index contributed by atoms with van der Waals surface area (Å²) in [5.41, 5.74) is 0.933. The molecule has 3 atom stereocenters. The molecule has 0 fully saturated rings. The summed E-state index contributed by atoms with van der Waals surface area (Å²) < 4.78 is 36.2. The summed E-state index contributed by atoms with van der Waals surface area (Å²) in [6.07, 6.45) is 12.0. The SMILES string of the molecule is CC(Cc1ccc(Cl)c(F)c1)C1C=CC=CC1CCCS(C)(=O)=O. The minimum absolute atomic E-state index is 0.144. The standard InChI is InChI=1S/C19H24ClFO2S/c1-14(12-15-9-10-18(20)19(21)13-15)17-8-4-3-6-16(17)7-5-11-24(2,22)23/h3-4,6,8-10,13-14,16-17H,5,7,11-12H2,1-2H3. The van der Waals surface area contributed by atoms with Crippen LogP contribution in [0.5, 0.6) is 0 Å². The summed E-state index contributed by atoms with van der Waals surface area (Å²) in [6, 6.07) is 4.96. The van der Waals surface area contributed by atoms with Crippen LogP contribution >= 0.6 is 11.6 Å². The molecule has 0 aromatic heterocycles. The minimum Gasteiger partial charge on any atom is -0.229 e. The Balaban J connectivity index is 1.99. The third-order valence-corrected chi connectivity index (χ3v) is 5.89. The molecule has 0 heterocycles. The second-order valence-corrected chi connectivity index (χ2v) is 9.38. The Morgan fingerprint density at radius 1 is 1.25 bits per heavy atom. The number of halogens is 2. The molecular weight excluding hydrogens is 347 g/mol. The summed E-state index contributed by atoms with van der Waals surface area (Å²) in [5.74, 6) is 0.822. The van der Waals surface area contributed by atoms with Gasteiger partial charge in [0.2, 0.25) is 0 Å². The highest BCUT2D eigenvalue weighted by Crippen LogP contribution is 2.33. The molecule has 1 aromatic carbocycles. The maximum Gasteiger partial charge on any atom is 0.147 e. The van der Waals surface area contributed by atoms with Crippen molar-refractivity contribution in [3.05, 3.63) is 58.9 Å². The Bertz CT molecular complexity index is 725. The average molecular weight is 371 g/mol. The van der Waals surface area contributed by atoms with E-state index in [1.165, 1.54) is 12.3 Å². The first-order valence-electron chi connectivity index (χ1n) is 8.23. The van der Waals surface area contributed by atoms with Crippen LogP contribution in [0.2, 0.25) is 5.02 Å². The lowest BCUT2D eigenvalue weighted by Gasteiger charge is -2.29. The van der Waals surface area contributed by atoms with Crippen molar-refractivity contribution >= 4 is 21.4 Å². The molecule has 5 heteroatoms. The molecule has 0 N–H and O–H groups in total. The van der Waals surface area contributed by atoms with Crippen molar-refractivity contribution in [3.8, 4) is 0 Å². The van der Waals surface area contributed by atoms with E-state index in [-0.39, 0.29) is 16.6 Å². The van der Waals surface area contributed by atoms with Gasteiger partial charge in [0.25, 0.3) is 0 Å². The van der Waals surface area contributed by atoms with Crippen LogP contribution in [-0.2, 0) is 16.3 Å². The summed E-state index contributed by atoms with van der Waals surface area (Å²) in [7, 11) is -2.92. The highest BCUT2D eigenvalue weighted by molar-refractivity contribution is 7.90. The van der Waals surface area contributed by atoms with Crippen LogP contribution in [0.4, 0.5) is 4.39 Å². The van der Waals surface area contributed by atoms with Gasteiger partial charge in [0.1, 0.15) is 15.7 Å². The maximum absolute atomic E-state index is 13.6. The fourth-order valence-corrected chi connectivity index (χ4v) is 4.13. The lowest BCUT2D eigenvalue weighted by molar-refractivity contribution is 0.321. The second-order valence-electron chi connectivity index (χ2n) is 6.71. The highest BCUT2D eigenvalue weighted by atomic mass is 35.5. The predicted octanol–water partition coefficient (Wildman–Crippen LogP) is 4.84. The van der Waals surface area contributed by atoms with E-state index in [2.05, 4.69) is 19.1 Å². The zero-order valence-corrected chi connectivity index (χ0v) is 15.7. The number of rotatable bonds is 7. The zero-order valence-electron chi connectivity index (χ0n) is 14.1. The van der Waals surface area contributed by atoms with Crippen molar-refractivity contribution in [2.24, 2.45) is 17.8 Å². The van der Waals surface area contributed by atoms with Gasteiger partial charge in [-0.3, -0.25) is 0 Å². The number of hydrogen-bond acceptors (Lipinski definition) is 2. The quantitative estimate of drug-likeness (QED) is 0.688. The van der Waals surface area contributed by atoms with Crippen molar-refractivity contribution in [1.29, 1.82) is 0 Å². The lowest BCUT2D eigenvalue weighted by atomic mass is 9.75. The van der Waals surface area contributed by atoms with E-state index in [0.717, 1.165) is 18.4 Å². The van der Waals surface area contributed by atoms with Crippen LogP contribution in [-0.4, -0.2) is 20.4 Å². The van der Waals surface area contributed by atoms with Crippen LogP contribution in [0.25, 0.3) is 0 Å². The number of allylic oxidation sites excluding steroid dienone is 4. The van der Waals surface area contributed by atoms with Gasteiger partial charge in [-0.2, -0.15) is 0 Å². The normalized spacial score (nSPS) is 21.8. The van der Waals surface area contributed by atoms with Gasteiger partial charge in [-0.05, 0) is 54.7 Å². The van der Waals surface area contributed by atoms with Gasteiger partial charge in [-0.25, -0.2) is 12.8 Å². The van der Waals surface area contributed by atoms with Gasteiger partial charge >= 0.3 is 0 Å². The highest BCUT2D eigenvalue weighted by Gasteiger charge is 2.24. The van der Waals surface area contributed by atoms with E-state index >= 15 is 0 Å². The predicted molar refractivity (Wildman–Crippen MR) is 98.5 cm³/mol. The van der Waals surface area contributed by atoms with E-state index in [1.54, 1.807) is 6.07 Å². The van der Waals surface area contributed by atoms with E-state index < -0.39 is 9.84 Å². The smallest absolute Gasteiger partial charge is 0.147 e. The fourth-order valence-electron chi connectivity index (χ4n) is 3.33. The molecule has 1 aliphatic rings. The van der Waals surface area contributed by atoms with E-state index in [4.69, 9.17) is 11.6 Å². The third kappa shape index (κ3) is 5.75. The molecule has 0 saturated carbocycles. The van der Waals surface area contributed by atoms with Gasteiger partial charge in [-0.1, -0.05) is 48.9 Å². The van der Waals surface area contributed by atoms with E-state index in [0.29, 0.717) is 24.2 Å². The largest absolute Gasteiger partial charge is 0.229 e. The van der Waals surface area contributed by atoms with Crippen molar-refractivity contribution in [3.63, 3.8) is 0 Å². The summed E-state index contributed by atoms with van der Waals surface area (Å²) in [6.45, 7) is 2.16. The summed E-state index contributed by atoms with van der Waals surface area (Å²) in [4.78, 5) is 0. The monoisotopic (exact) mass is 370 g/mol. The van der Waals surface area contributed by atoms with Crippen molar-refractivity contribution in [2.75, 3.05) is 12.0 Å². The van der Waals surface area contributed by atoms with Crippen molar-refractivity contribution in [1.82, 2.24) is 0 Å². The second kappa shape index (κ2) is 8.30. The molecule has 0 aliphatic heterocycles. The first-order valence-corrected chi connectivity index (χ1v) is 10.7. The Labute approximate surface area is 149 Å². The molecule has 24 heavy (non-hydrogen) atoms. The van der Waals surface area contributed by atoms with E-state index in [1.807, 2.05) is 18.2 Å². The number of sulfone groups is 1. The summed E-state index contributed by atoms with van der Waals surface area (Å²) in [5, 5.41) is 0.144. The van der Waals surface area contributed by atoms with Gasteiger partial charge < -0.3 is 0 Å². The first-order chi connectivity index (χ1) is 11.3. The fraction of sp³-hybridized carbons (Fsp3) is 0.474. The molecule has 0 radical (unpaired) electrons. The van der Waals surface area contributed by atoms with Crippen molar-refractivity contribution < 1.29 is 12.8 Å². The molecule has 1 aromatic rings. The van der Waals surface area contributed by atoms with Gasteiger partial charge in [0.15, 0.2) is 0 Å². The van der Waals surface area contributed by atoms with E-state index in [9.17, 15) is 12.8 Å². The van der Waals surface area contributed by atoms with Gasteiger partial charge in [0, 0.05) is 12.0 Å². The van der Waals surface area contributed by atoms with Gasteiger partial charge in [-0.15, -0.1) is 0 Å². The Hall–Kier alpha value is -1.13. The Morgan fingerprint density at radius 2 is 1.96 bits per heavy atom. The Kier molecular flexibility index (Phi) is 6.64. The third-order valence-electron chi connectivity index (χ3n) is 4.55. The van der Waals surface area contributed by atoms with Crippen LogP contribution in [0.15, 0.2) is 42.5 Å². The lowest BCUT2D eigenvalue weighted by Crippen LogP contribution is -2.22. The molecule has 2 rings (SSSR count). The van der Waals surface area contributed by atoms with Crippen molar-refractivity contribution in [2.45, 2.75) is 26.2 Å². The molecule has 132 valence electrons. The number of benzene rings is 1. The summed E-state index contributed by atoms with van der Waals surface area (Å²) >= 11 is 5.74. The molecule has 1 aliphatic carbocycles. The molecule has 2 nitrogen and oxygen atoms in total. The maximum atomic E-state index is 13.6. The molecule has 3 unspecified atom stereocenters. The topological polar surface area (TPSA) is 34.1 Å². The number of hydrogen-bond donors (Lipinski definition) is 0. The molecule has 0 spiro atoms. The van der Waals surface area contributed by atoms with Crippen LogP contribution in [0.1, 0.15) is 25.3 Å². The molecule has 0 bridgehead atoms. The van der Waals surface area contributed by atoms with Crippen LogP contribution in [0, 0.1) is 23.6 Å². The molecule has 0 saturated heterocycles. The molecular formula is C19H24ClFO2S. The van der Waals surface area contributed by atoms with Gasteiger partial charge in [0.05, 0.1) is 5.02 Å². The molecule has 0 amide bonds. The minimum atomic E-state index is -2.92. The van der Waals surface area contributed by atoms with Crippen LogP contribution < -0.4 is 0 Å². The first kappa shape index (κ1) is 19.2. The van der Waals surface area contributed by atoms with Crippen LogP contribution in [0.3, 0.4) is 0 Å².